The first kappa shape index (κ1) is 13.4. The minimum atomic E-state index is -0.134. The molecule has 0 aliphatic heterocycles. The predicted molar refractivity (Wildman–Crippen MR) is 53.2 cm³/mol. The van der Waals surface area contributed by atoms with Gasteiger partial charge in [0.05, 0.1) is 20.3 Å². The van der Waals surface area contributed by atoms with E-state index in [-0.39, 0.29) is 5.97 Å². The molecule has 4 heteroatoms. The van der Waals surface area contributed by atoms with E-state index in [0.29, 0.717) is 19.6 Å². The van der Waals surface area contributed by atoms with E-state index in [0.717, 1.165) is 25.9 Å². The monoisotopic (exact) mass is 204 g/mol. The Bertz CT molecular complexity index is 136. The van der Waals surface area contributed by atoms with E-state index in [1.807, 2.05) is 0 Å². The van der Waals surface area contributed by atoms with E-state index in [4.69, 9.17) is 9.47 Å². The minimum Gasteiger partial charge on any atom is -0.469 e. The van der Waals surface area contributed by atoms with E-state index in [1.54, 1.807) is 7.11 Å². The average Bonchev–Trinajstić information content (AvgIpc) is 2.21. The van der Waals surface area contributed by atoms with E-state index < -0.39 is 0 Å². The van der Waals surface area contributed by atoms with Gasteiger partial charge < -0.3 is 14.2 Å². The average molecular weight is 204 g/mol. The highest BCUT2D eigenvalue weighted by Crippen LogP contribution is 2.01. The van der Waals surface area contributed by atoms with Gasteiger partial charge in [0.15, 0.2) is 0 Å². The quantitative estimate of drug-likeness (QED) is 0.420. The normalized spacial score (nSPS) is 10.1. The molecule has 0 radical (unpaired) electrons. The van der Waals surface area contributed by atoms with Crippen LogP contribution in [-0.2, 0) is 19.0 Å². The largest absolute Gasteiger partial charge is 0.469 e. The molecular formula is C10H20O4. The van der Waals surface area contributed by atoms with Crippen molar-refractivity contribution >= 4 is 5.97 Å². The standard InChI is InChI=1S/C10H20O4/c1-12-8-9-14-7-5-3-4-6-10(11)13-2/h3-9H2,1-2H3. The summed E-state index contributed by atoms with van der Waals surface area (Å²) in [6, 6.07) is 0. The van der Waals surface area contributed by atoms with Crippen molar-refractivity contribution in [3.63, 3.8) is 0 Å². The van der Waals surface area contributed by atoms with Crippen molar-refractivity contribution in [1.82, 2.24) is 0 Å². The summed E-state index contributed by atoms with van der Waals surface area (Å²) in [7, 11) is 3.07. The number of carbonyl (C=O) groups is 1. The molecule has 0 amide bonds. The molecule has 0 aromatic rings. The number of carbonyl (C=O) groups excluding carboxylic acids is 1. The maximum Gasteiger partial charge on any atom is 0.305 e. The van der Waals surface area contributed by atoms with Gasteiger partial charge in [-0.15, -0.1) is 0 Å². The second-order valence-corrected chi connectivity index (χ2v) is 2.99. The summed E-state index contributed by atoms with van der Waals surface area (Å²) in [4.78, 5) is 10.7. The lowest BCUT2D eigenvalue weighted by Crippen LogP contribution is -2.03. The highest BCUT2D eigenvalue weighted by atomic mass is 16.5. The summed E-state index contributed by atoms with van der Waals surface area (Å²) >= 11 is 0. The van der Waals surface area contributed by atoms with Crippen LogP contribution < -0.4 is 0 Å². The highest BCUT2D eigenvalue weighted by Gasteiger charge is 1.98. The Balaban J connectivity index is 2.95. The molecule has 4 nitrogen and oxygen atoms in total. The molecule has 14 heavy (non-hydrogen) atoms. The third-order valence-electron chi connectivity index (χ3n) is 1.83. The number of esters is 1. The van der Waals surface area contributed by atoms with Crippen LogP contribution >= 0.6 is 0 Å². The zero-order valence-electron chi connectivity index (χ0n) is 9.08. The van der Waals surface area contributed by atoms with Crippen LogP contribution in [0.15, 0.2) is 0 Å². The molecule has 0 bridgehead atoms. The predicted octanol–water partition coefficient (Wildman–Crippen LogP) is 1.38. The molecule has 0 fully saturated rings. The molecule has 0 aliphatic rings. The van der Waals surface area contributed by atoms with Gasteiger partial charge >= 0.3 is 5.97 Å². The van der Waals surface area contributed by atoms with Crippen molar-refractivity contribution in [1.29, 1.82) is 0 Å². The first-order valence-electron chi connectivity index (χ1n) is 4.94. The summed E-state index contributed by atoms with van der Waals surface area (Å²) in [5.74, 6) is -0.134. The summed E-state index contributed by atoms with van der Waals surface area (Å²) in [5.41, 5.74) is 0. The van der Waals surface area contributed by atoms with Gasteiger partial charge in [0.2, 0.25) is 0 Å². The molecule has 0 saturated carbocycles. The van der Waals surface area contributed by atoms with Gasteiger partial charge in [-0.1, -0.05) is 6.42 Å². The van der Waals surface area contributed by atoms with Crippen LogP contribution in [0.3, 0.4) is 0 Å². The van der Waals surface area contributed by atoms with Crippen LogP contribution in [0.1, 0.15) is 25.7 Å². The Morgan fingerprint density at radius 3 is 2.43 bits per heavy atom. The zero-order valence-corrected chi connectivity index (χ0v) is 9.08. The van der Waals surface area contributed by atoms with Crippen LogP contribution in [0.2, 0.25) is 0 Å². The Hall–Kier alpha value is -0.610. The third-order valence-corrected chi connectivity index (χ3v) is 1.83. The summed E-state index contributed by atoms with van der Waals surface area (Å²) < 4.78 is 14.6. The SMILES string of the molecule is COCCOCCCCCC(=O)OC. The van der Waals surface area contributed by atoms with E-state index in [9.17, 15) is 4.79 Å². The Morgan fingerprint density at radius 2 is 1.79 bits per heavy atom. The van der Waals surface area contributed by atoms with Crippen LogP contribution in [-0.4, -0.2) is 40.0 Å². The number of rotatable bonds is 9. The number of ether oxygens (including phenoxy) is 3. The fraction of sp³-hybridized carbons (Fsp3) is 0.900. The van der Waals surface area contributed by atoms with Crippen LogP contribution in [0, 0.1) is 0 Å². The lowest BCUT2D eigenvalue weighted by atomic mass is 10.2. The second-order valence-electron chi connectivity index (χ2n) is 2.99. The Labute approximate surface area is 85.5 Å². The lowest BCUT2D eigenvalue weighted by Gasteiger charge is -2.03. The Morgan fingerprint density at radius 1 is 1.00 bits per heavy atom. The van der Waals surface area contributed by atoms with Gasteiger partial charge in [-0.05, 0) is 12.8 Å². The van der Waals surface area contributed by atoms with Gasteiger partial charge in [-0.3, -0.25) is 4.79 Å². The fourth-order valence-electron chi connectivity index (χ4n) is 0.997. The van der Waals surface area contributed by atoms with Gasteiger partial charge in [0.1, 0.15) is 0 Å². The zero-order chi connectivity index (χ0) is 10.6. The molecule has 0 aromatic heterocycles. The molecule has 0 aliphatic carbocycles. The molecule has 84 valence electrons. The molecule has 0 aromatic carbocycles. The van der Waals surface area contributed by atoms with E-state index in [1.165, 1.54) is 7.11 Å². The van der Waals surface area contributed by atoms with E-state index in [2.05, 4.69) is 4.74 Å². The summed E-state index contributed by atoms with van der Waals surface area (Å²) in [6.07, 6.45) is 3.37. The van der Waals surface area contributed by atoms with Gasteiger partial charge in [-0.25, -0.2) is 0 Å². The second kappa shape index (κ2) is 10.5. The maximum atomic E-state index is 10.7. The topological polar surface area (TPSA) is 44.8 Å². The van der Waals surface area contributed by atoms with Crippen LogP contribution in [0.5, 0.6) is 0 Å². The molecule has 0 heterocycles. The van der Waals surface area contributed by atoms with Crippen molar-refractivity contribution < 1.29 is 19.0 Å². The summed E-state index contributed by atoms with van der Waals surface area (Å²) in [5, 5.41) is 0. The third kappa shape index (κ3) is 9.48. The molecule has 0 spiro atoms. The lowest BCUT2D eigenvalue weighted by molar-refractivity contribution is -0.140. The van der Waals surface area contributed by atoms with E-state index >= 15 is 0 Å². The van der Waals surface area contributed by atoms with Crippen LogP contribution in [0.4, 0.5) is 0 Å². The number of hydrogen-bond donors (Lipinski definition) is 0. The van der Waals surface area contributed by atoms with Crippen molar-refractivity contribution in [2.75, 3.05) is 34.0 Å². The van der Waals surface area contributed by atoms with Crippen LogP contribution in [0.25, 0.3) is 0 Å². The fourth-order valence-corrected chi connectivity index (χ4v) is 0.997. The minimum absolute atomic E-state index is 0.134. The van der Waals surface area contributed by atoms with Crippen molar-refractivity contribution in [2.45, 2.75) is 25.7 Å². The van der Waals surface area contributed by atoms with Crippen molar-refractivity contribution in [3.05, 3.63) is 0 Å². The van der Waals surface area contributed by atoms with Crippen molar-refractivity contribution in [3.8, 4) is 0 Å². The van der Waals surface area contributed by atoms with Gasteiger partial charge in [0.25, 0.3) is 0 Å². The Kier molecular flexibility index (Phi) is 10.0. The number of methoxy groups -OCH3 is 2. The smallest absolute Gasteiger partial charge is 0.305 e. The van der Waals surface area contributed by atoms with Gasteiger partial charge in [0, 0.05) is 20.1 Å². The first-order chi connectivity index (χ1) is 6.81. The molecule has 0 atom stereocenters. The number of unbranched alkanes of at least 4 members (excludes halogenated alkanes) is 2. The van der Waals surface area contributed by atoms with Gasteiger partial charge in [-0.2, -0.15) is 0 Å². The molecular weight excluding hydrogens is 184 g/mol. The maximum absolute atomic E-state index is 10.7. The first-order valence-corrected chi connectivity index (χ1v) is 4.94. The van der Waals surface area contributed by atoms with Crippen molar-refractivity contribution in [2.24, 2.45) is 0 Å². The highest BCUT2D eigenvalue weighted by molar-refractivity contribution is 5.68. The molecule has 0 rings (SSSR count). The molecule has 0 N–H and O–H groups in total. The molecule has 0 saturated heterocycles. The number of hydrogen-bond acceptors (Lipinski definition) is 4. The summed E-state index contributed by atoms with van der Waals surface area (Å²) in [6.45, 7) is 2.03. The molecule has 0 unspecified atom stereocenters.